The van der Waals surface area contributed by atoms with Crippen molar-refractivity contribution in [2.24, 2.45) is 0 Å². The fourth-order valence-corrected chi connectivity index (χ4v) is 3.84. The molecule has 2 fully saturated rings. The third kappa shape index (κ3) is 6.07. The molecule has 0 aliphatic carbocycles. The fraction of sp³-hybridized carbons (Fsp3) is 0.700. The Morgan fingerprint density at radius 2 is 2.11 bits per heavy atom. The number of carbonyl (C=O) groups excluding carboxylic acids is 1. The molecule has 2 N–H and O–H groups in total. The number of nitrogens with one attached hydrogen (secondary N) is 2. The van der Waals surface area contributed by atoms with Crippen LogP contribution in [0.15, 0.2) is 18.3 Å². The second kappa shape index (κ2) is 10.5. The first kappa shape index (κ1) is 19.9. The summed E-state index contributed by atoms with van der Waals surface area (Å²) in [7, 11) is 0. The number of likely N-dealkylation sites (tertiary alicyclic amines) is 1. The average Bonchev–Trinajstić information content (AvgIpc) is 2.72. The van der Waals surface area contributed by atoms with Gasteiger partial charge in [0.2, 0.25) is 0 Å². The van der Waals surface area contributed by atoms with Crippen LogP contribution in [0.5, 0.6) is 0 Å². The molecule has 2 aliphatic heterocycles. The van der Waals surface area contributed by atoms with Gasteiger partial charge >= 0.3 is 6.03 Å². The molecule has 150 valence electrons. The summed E-state index contributed by atoms with van der Waals surface area (Å²) in [6.45, 7) is 8.87. The highest BCUT2D eigenvalue weighted by atomic mass is 16.5. The van der Waals surface area contributed by atoms with E-state index in [1.807, 2.05) is 12.1 Å². The number of nitrogens with zero attached hydrogens (tertiary/aromatic N) is 3. The second-order valence-electron chi connectivity index (χ2n) is 7.43. The van der Waals surface area contributed by atoms with Crippen LogP contribution in [0.25, 0.3) is 0 Å². The minimum atomic E-state index is -0.113. The number of ether oxygens (including phenoxy) is 1. The number of carbonyl (C=O) groups is 1. The molecule has 0 bridgehead atoms. The first-order chi connectivity index (χ1) is 13.2. The topological polar surface area (TPSA) is 69.7 Å². The maximum Gasteiger partial charge on any atom is 0.315 e. The molecule has 2 saturated heterocycles. The summed E-state index contributed by atoms with van der Waals surface area (Å²) < 4.78 is 5.41. The summed E-state index contributed by atoms with van der Waals surface area (Å²) >= 11 is 0. The van der Waals surface area contributed by atoms with Crippen molar-refractivity contribution in [3.05, 3.63) is 23.9 Å². The lowest BCUT2D eigenvalue weighted by Crippen LogP contribution is -2.41. The van der Waals surface area contributed by atoms with Gasteiger partial charge in [0.05, 0.1) is 13.2 Å². The van der Waals surface area contributed by atoms with Crippen LogP contribution in [-0.2, 0) is 11.3 Å². The van der Waals surface area contributed by atoms with Gasteiger partial charge in [0.15, 0.2) is 0 Å². The molecular formula is C20H33N5O2. The van der Waals surface area contributed by atoms with Crippen LogP contribution in [0, 0.1) is 0 Å². The molecule has 7 nitrogen and oxygen atoms in total. The van der Waals surface area contributed by atoms with Crippen molar-refractivity contribution in [2.75, 3.05) is 50.8 Å². The van der Waals surface area contributed by atoms with E-state index >= 15 is 0 Å². The molecule has 3 heterocycles. The Morgan fingerprint density at radius 1 is 1.26 bits per heavy atom. The molecule has 7 heteroatoms. The van der Waals surface area contributed by atoms with Gasteiger partial charge in [-0.2, -0.15) is 0 Å². The standard InChI is InChI=1S/C20H33N5O2/c1-17-6-2-3-10-24(17)11-5-9-22-20(26)23-16-18-7-4-8-21-19(18)25-12-14-27-15-13-25/h4,7-8,17H,2-3,5-6,9-16H2,1H3,(H2,22,23,26). The van der Waals surface area contributed by atoms with Crippen molar-refractivity contribution < 1.29 is 9.53 Å². The Labute approximate surface area is 162 Å². The summed E-state index contributed by atoms with van der Waals surface area (Å²) in [5.74, 6) is 0.945. The lowest BCUT2D eigenvalue weighted by molar-refractivity contribution is 0.122. The van der Waals surface area contributed by atoms with Crippen LogP contribution in [0.4, 0.5) is 10.6 Å². The summed E-state index contributed by atoms with van der Waals surface area (Å²) in [4.78, 5) is 21.4. The zero-order chi connectivity index (χ0) is 18.9. The average molecular weight is 376 g/mol. The van der Waals surface area contributed by atoms with Crippen molar-refractivity contribution in [1.82, 2.24) is 20.5 Å². The van der Waals surface area contributed by atoms with Crippen LogP contribution in [0.1, 0.15) is 38.2 Å². The van der Waals surface area contributed by atoms with Gasteiger partial charge in [0, 0.05) is 50.5 Å². The molecule has 0 aromatic carbocycles. The fourth-order valence-electron chi connectivity index (χ4n) is 3.84. The number of amides is 2. The van der Waals surface area contributed by atoms with E-state index in [4.69, 9.17) is 4.74 Å². The Hall–Kier alpha value is -1.86. The van der Waals surface area contributed by atoms with Gasteiger partial charge in [0.1, 0.15) is 5.82 Å². The predicted molar refractivity (Wildman–Crippen MR) is 107 cm³/mol. The van der Waals surface area contributed by atoms with Gasteiger partial charge in [-0.3, -0.25) is 0 Å². The van der Waals surface area contributed by atoms with E-state index in [2.05, 4.69) is 32.3 Å². The monoisotopic (exact) mass is 375 g/mol. The molecule has 1 aromatic rings. The molecule has 1 aromatic heterocycles. The van der Waals surface area contributed by atoms with E-state index in [1.54, 1.807) is 6.20 Å². The van der Waals surface area contributed by atoms with E-state index in [1.165, 1.54) is 25.8 Å². The van der Waals surface area contributed by atoms with Gasteiger partial charge < -0.3 is 25.2 Å². The Balaban J connectivity index is 1.38. The van der Waals surface area contributed by atoms with E-state index in [9.17, 15) is 4.79 Å². The highest BCUT2D eigenvalue weighted by Gasteiger charge is 2.18. The van der Waals surface area contributed by atoms with Crippen molar-refractivity contribution >= 4 is 11.8 Å². The van der Waals surface area contributed by atoms with Crippen molar-refractivity contribution in [3.8, 4) is 0 Å². The first-order valence-corrected chi connectivity index (χ1v) is 10.3. The van der Waals surface area contributed by atoms with Crippen LogP contribution < -0.4 is 15.5 Å². The van der Waals surface area contributed by atoms with Crippen LogP contribution >= 0.6 is 0 Å². The number of hydrogen-bond donors (Lipinski definition) is 2. The van der Waals surface area contributed by atoms with Crippen molar-refractivity contribution in [2.45, 2.75) is 45.2 Å². The maximum atomic E-state index is 12.1. The third-order valence-corrected chi connectivity index (χ3v) is 5.47. The highest BCUT2D eigenvalue weighted by molar-refractivity contribution is 5.74. The van der Waals surface area contributed by atoms with Gasteiger partial charge in [0.25, 0.3) is 0 Å². The lowest BCUT2D eigenvalue weighted by atomic mass is 10.0. The summed E-state index contributed by atoms with van der Waals surface area (Å²) in [6, 6.07) is 4.50. The zero-order valence-electron chi connectivity index (χ0n) is 16.5. The largest absolute Gasteiger partial charge is 0.378 e. The third-order valence-electron chi connectivity index (χ3n) is 5.47. The summed E-state index contributed by atoms with van der Waals surface area (Å²) in [5.41, 5.74) is 1.04. The van der Waals surface area contributed by atoms with Gasteiger partial charge in [-0.15, -0.1) is 0 Å². The molecule has 0 radical (unpaired) electrons. The SMILES string of the molecule is CC1CCCCN1CCCNC(=O)NCc1cccnc1N1CCOCC1. The van der Waals surface area contributed by atoms with Crippen LogP contribution in [0.3, 0.4) is 0 Å². The Bertz CT molecular complexity index is 591. The molecule has 1 unspecified atom stereocenters. The summed E-state index contributed by atoms with van der Waals surface area (Å²) in [5, 5.41) is 5.94. The van der Waals surface area contributed by atoms with Gasteiger partial charge in [-0.05, 0) is 38.8 Å². The summed E-state index contributed by atoms with van der Waals surface area (Å²) in [6.07, 6.45) is 6.73. The number of urea groups is 1. The smallest absolute Gasteiger partial charge is 0.315 e. The number of pyridine rings is 1. The van der Waals surface area contributed by atoms with Gasteiger partial charge in [-0.1, -0.05) is 12.5 Å². The molecule has 27 heavy (non-hydrogen) atoms. The number of piperidine rings is 1. The number of morpholine rings is 1. The first-order valence-electron chi connectivity index (χ1n) is 10.3. The van der Waals surface area contributed by atoms with Crippen LogP contribution in [0.2, 0.25) is 0 Å². The minimum absolute atomic E-state index is 0.113. The zero-order valence-corrected chi connectivity index (χ0v) is 16.5. The number of anilines is 1. The number of rotatable bonds is 7. The minimum Gasteiger partial charge on any atom is -0.378 e. The van der Waals surface area contributed by atoms with Crippen LogP contribution in [-0.4, -0.2) is 67.9 Å². The normalized spacial score (nSPS) is 21.1. The number of hydrogen-bond acceptors (Lipinski definition) is 5. The Kier molecular flexibility index (Phi) is 7.71. The van der Waals surface area contributed by atoms with E-state index in [0.29, 0.717) is 19.1 Å². The molecule has 3 rings (SSSR count). The molecule has 1 atom stereocenters. The van der Waals surface area contributed by atoms with E-state index < -0.39 is 0 Å². The quantitative estimate of drug-likeness (QED) is 0.713. The van der Waals surface area contributed by atoms with E-state index in [-0.39, 0.29) is 6.03 Å². The maximum absolute atomic E-state index is 12.1. The predicted octanol–water partition coefficient (Wildman–Crippen LogP) is 1.98. The van der Waals surface area contributed by atoms with Gasteiger partial charge in [-0.25, -0.2) is 9.78 Å². The highest BCUT2D eigenvalue weighted by Crippen LogP contribution is 2.18. The van der Waals surface area contributed by atoms with Crippen molar-refractivity contribution in [3.63, 3.8) is 0 Å². The molecule has 0 saturated carbocycles. The Morgan fingerprint density at radius 3 is 2.93 bits per heavy atom. The molecular weight excluding hydrogens is 342 g/mol. The molecule has 2 amide bonds. The molecule has 2 aliphatic rings. The second-order valence-corrected chi connectivity index (χ2v) is 7.43. The lowest BCUT2D eigenvalue weighted by Gasteiger charge is -2.33. The molecule has 0 spiro atoms. The van der Waals surface area contributed by atoms with E-state index in [0.717, 1.165) is 50.7 Å². The van der Waals surface area contributed by atoms with Crippen molar-refractivity contribution in [1.29, 1.82) is 0 Å². The number of aromatic nitrogens is 1.